The summed E-state index contributed by atoms with van der Waals surface area (Å²) >= 11 is 6.61. The smallest absolute Gasteiger partial charge is 0.254 e. The molecule has 17 heavy (non-hydrogen) atoms. The Bertz CT molecular complexity index is 443. The summed E-state index contributed by atoms with van der Waals surface area (Å²) in [5, 5.41) is 11.3. The standard InChI is InChI=1S/C10H11Br2N3O2/c1-15(5-9(13)14-17)10(16)6-2-7(11)4-8(12)3-6/h2-4,17H,5H2,1H3,(H2,13,14). The maximum Gasteiger partial charge on any atom is 0.254 e. The number of carbonyl (C=O) groups is 1. The minimum Gasteiger partial charge on any atom is -0.409 e. The summed E-state index contributed by atoms with van der Waals surface area (Å²) in [6, 6.07) is 5.24. The van der Waals surface area contributed by atoms with Crippen molar-refractivity contribution in [1.29, 1.82) is 0 Å². The van der Waals surface area contributed by atoms with Crippen LogP contribution in [0.15, 0.2) is 32.3 Å². The first-order valence-corrected chi connectivity index (χ1v) is 6.20. The normalized spacial score (nSPS) is 11.4. The Morgan fingerprint density at radius 1 is 1.41 bits per heavy atom. The summed E-state index contributed by atoms with van der Waals surface area (Å²) in [6.45, 7) is 0.0689. The Hall–Kier alpha value is -1.08. The van der Waals surface area contributed by atoms with Gasteiger partial charge in [-0.25, -0.2) is 0 Å². The summed E-state index contributed by atoms with van der Waals surface area (Å²) in [5.41, 5.74) is 5.85. The van der Waals surface area contributed by atoms with Crippen molar-refractivity contribution in [2.75, 3.05) is 13.6 Å². The van der Waals surface area contributed by atoms with Crippen LogP contribution in [0.1, 0.15) is 10.4 Å². The van der Waals surface area contributed by atoms with Gasteiger partial charge in [0.1, 0.15) is 0 Å². The fourth-order valence-electron chi connectivity index (χ4n) is 1.24. The summed E-state index contributed by atoms with van der Waals surface area (Å²) in [5.74, 6) is -0.228. The highest BCUT2D eigenvalue weighted by molar-refractivity contribution is 9.11. The topological polar surface area (TPSA) is 78.9 Å². The van der Waals surface area contributed by atoms with Crippen LogP contribution in [-0.2, 0) is 0 Å². The first-order valence-electron chi connectivity index (χ1n) is 4.62. The van der Waals surface area contributed by atoms with Crippen LogP contribution in [0, 0.1) is 0 Å². The first kappa shape index (κ1) is 14.0. The van der Waals surface area contributed by atoms with Gasteiger partial charge in [-0.05, 0) is 18.2 Å². The van der Waals surface area contributed by atoms with E-state index in [9.17, 15) is 4.79 Å². The zero-order valence-corrected chi connectivity index (χ0v) is 12.2. The molecule has 0 fully saturated rings. The van der Waals surface area contributed by atoms with Crippen molar-refractivity contribution in [2.24, 2.45) is 10.9 Å². The lowest BCUT2D eigenvalue weighted by Gasteiger charge is -2.16. The number of oxime groups is 1. The third-order valence-electron chi connectivity index (χ3n) is 1.98. The van der Waals surface area contributed by atoms with Gasteiger partial charge in [0.2, 0.25) is 0 Å². The molecule has 1 aromatic rings. The summed E-state index contributed by atoms with van der Waals surface area (Å²) in [4.78, 5) is 13.4. The van der Waals surface area contributed by atoms with Crippen LogP contribution < -0.4 is 5.73 Å². The zero-order chi connectivity index (χ0) is 13.0. The molecule has 0 saturated heterocycles. The van der Waals surface area contributed by atoms with Crippen molar-refractivity contribution < 1.29 is 10.0 Å². The third kappa shape index (κ3) is 4.01. The van der Waals surface area contributed by atoms with Crippen LogP contribution in [0.25, 0.3) is 0 Å². The molecule has 0 aliphatic heterocycles. The van der Waals surface area contributed by atoms with E-state index < -0.39 is 0 Å². The molecule has 0 bridgehead atoms. The van der Waals surface area contributed by atoms with E-state index in [0.717, 1.165) is 8.95 Å². The monoisotopic (exact) mass is 363 g/mol. The molecule has 92 valence electrons. The van der Waals surface area contributed by atoms with Crippen molar-refractivity contribution >= 4 is 43.6 Å². The predicted molar refractivity (Wildman–Crippen MR) is 72.2 cm³/mol. The van der Waals surface area contributed by atoms with Gasteiger partial charge in [-0.15, -0.1) is 0 Å². The van der Waals surface area contributed by atoms with Gasteiger partial charge in [-0.1, -0.05) is 37.0 Å². The molecule has 0 aliphatic rings. The number of rotatable bonds is 3. The van der Waals surface area contributed by atoms with Gasteiger partial charge < -0.3 is 15.8 Å². The first-order chi connectivity index (χ1) is 7.93. The molecule has 0 saturated carbocycles. The minimum atomic E-state index is -0.210. The Morgan fingerprint density at radius 2 is 1.94 bits per heavy atom. The van der Waals surface area contributed by atoms with Crippen molar-refractivity contribution in [3.63, 3.8) is 0 Å². The van der Waals surface area contributed by atoms with Crippen LogP contribution in [0.4, 0.5) is 0 Å². The molecule has 0 radical (unpaired) electrons. The summed E-state index contributed by atoms with van der Waals surface area (Å²) in [6.07, 6.45) is 0. The highest BCUT2D eigenvalue weighted by atomic mass is 79.9. The quantitative estimate of drug-likeness (QED) is 0.373. The molecule has 0 unspecified atom stereocenters. The third-order valence-corrected chi connectivity index (χ3v) is 2.90. The fourth-order valence-corrected chi connectivity index (χ4v) is 2.54. The molecule has 5 nitrogen and oxygen atoms in total. The number of likely N-dealkylation sites (N-methyl/N-ethyl adjacent to an activating group) is 1. The molecule has 1 amide bonds. The number of hydrogen-bond acceptors (Lipinski definition) is 3. The number of amidine groups is 1. The van der Waals surface area contributed by atoms with Gasteiger partial charge in [0.25, 0.3) is 5.91 Å². The second kappa shape index (κ2) is 6.02. The average molecular weight is 365 g/mol. The van der Waals surface area contributed by atoms with Gasteiger partial charge in [0.15, 0.2) is 5.84 Å². The van der Waals surface area contributed by atoms with Gasteiger partial charge in [0, 0.05) is 21.6 Å². The maximum absolute atomic E-state index is 12.0. The highest BCUT2D eigenvalue weighted by Crippen LogP contribution is 2.20. The van der Waals surface area contributed by atoms with E-state index in [-0.39, 0.29) is 18.3 Å². The van der Waals surface area contributed by atoms with Crippen LogP contribution in [0.3, 0.4) is 0 Å². The molecule has 0 spiro atoms. The largest absolute Gasteiger partial charge is 0.409 e. The molecule has 1 aromatic carbocycles. The van der Waals surface area contributed by atoms with Crippen molar-refractivity contribution in [3.8, 4) is 0 Å². The van der Waals surface area contributed by atoms with Crippen LogP contribution in [-0.4, -0.2) is 35.4 Å². The fraction of sp³-hybridized carbons (Fsp3) is 0.200. The van der Waals surface area contributed by atoms with E-state index >= 15 is 0 Å². The lowest BCUT2D eigenvalue weighted by molar-refractivity contribution is 0.0813. The van der Waals surface area contributed by atoms with Crippen LogP contribution in [0.2, 0.25) is 0 Å². The Balaban J connectivity index is 2.88. The molecule has 0 aromatic heterocycles. The number of halogens is 2. The Kier molecular flexibility index (Phi) is 4.95. The van der Waals surface area contributed by atoms with E-state index in [4.69, 9.17) is 10.9 Å². The molecule has 3 N–H and O–H groups in total. The number of amides is 1. The second-order valence-electron chi connectivity index (χ2n) is 3.41. The number of hydrogen-bond donors (Lipinski definition) is 2. The minimum absolute atomic E-state index is 0.0186. The van der Waals surface area contributed by atoms with Gasteiger partial charge in [0.05, 0.1) is 6.54 Å². The molecule has 0 aliphatic carbocycles. The van der Waals surface area contributed by atoms with E-state index in [1.165, 1.54) is 4.90 Å². The van der Waals surface area contributed by atoms with Crippen molar-refractivity contribution in [1.82, 2.24) is 4.90 Å². The number of benzene rings is 1. The van der Waals surface area contributed by atoms with Crippen molar-refractivity contribution in [2.45, 2.75) is 0 Å². The van der Waals surface area contributed by atoms with Crippen LogP contribution in [0.5, 0.6) is 0 Å². The van der Waals surface area contributed by atoms with E-state index in [1.807, 2.05) is 6.07 Å². The molecular formula is C10H11Br2N3O2. The van der Waals surface area contributed by atoms with E-state index in [2.05, 4.69) is 37.0 Å². The zero-order valence-electron chi connectivity index (χ0n) is 9.02. The number of nitrogens with zero attached hydrogens (tertiary/aromatic N) is 2. The number of carbonyl (C=O) groups excluding carboxylic acids is 1. The molecule has 0 heterocycles. The van der Waals surface area contributed by atoms with E-state index in [1.54, 1.807) is 19.2 Å². The molecule has 7 heteroatoms. The molecule has 1 rings (SSSR count). The van der Waals surface area contributed by atoms with E-state index in [0.29, 0.717) is 5.56 Å². The average Bonchev–Trinajstić information content (AvgIpc) is 2.26. The summed E-state index contributed by atoms with van der Waals surface area (Å²) in [7, 11) is 1.58. The SMILES string of the molecule is CN(C/C(N)=N/O)C(=O)c1cc(Br)cc(Br)c1. The van der Waals surface area contributed by atoms with Crippen molar-refractivity contribution in [3.05, 3.63) is 32.7 Å². The number of nitrogens with two attached hydrogens (primary N) is 1. The Labute approximate surface area is 116 Å². The lowest BCUT2D eigenvalue weighted by atomic mass is 10.2. The predicted octanol–water partition coefficient (Wildman–Crippen LogP) is 2.03. The highest BCUT2D eigenvalue weighted by Gasteiger charge is 2.14. The second-order valence-corrected chi connectivity index (χ2v) is 5.24. The van der Waals surface area contributed by atoms with Gasteiger partial charge in [-0.3, -0.25) is 4.79 Å². The molecule has 0 atom stereocenters. The lowest BCUT2D eigenvalue weighted by Crippen LogP contribution is -2.35. The van der Waals surface area contributed by atoms with Gasteiger partial charge >= 0.3 is 0 Å². The molecular weight excluding hydrogens is 354 g/mol. The van der Waals surface area contributed by atoms with Gasteiger partial charge in [-0.2, -0.15) is 0 Å². The van der Waals surface area contributed by atoms with Crippen LogP contribution >= 0.6 is 31.9 Å². The maximum atomic E-state index is 12.0. The Morgan fingerprint density at radius 3 is 2.41 bits per heavy atom. The summed E-state index contributed by atoms with van der Waals surface area (Å²) < 4.78 is 1.60.